The Kier molecular flexibility index (Phi) is 4.80. The molecule has 0 saturated carbocycles. The van der Waals surface area contributed by atoms with E-state index in [0.29, 0.717) is 23.7 Å². The van der Waals surface area contributed by atoms with Crippen molar-refractivity contribution in [2.24, 2.45) is 0 Å². The zero-order valence-corrected chi connectivity index (χ0v) is 12.5. The molecule has 114 valence electrons. The Morgan fingerprint density at radius 3 is 2.95 bits per heavy atom. The van der Waals surface area contributed by atoms with Gasteiger partial charge in [0.1, 0.15) is 12.4 Å². The van der Waals surface area contributed by atoms with E-state index in [2.05, 4.69) is 5.32 Å². The summed E-state index contributed by atoms with van der Waals surface area (Å²) in [7, 11) is 1.69. The molecule has 1 N–H and O–H groups in total. The molecule has 6 nitrogen and oxygen atoms in total. The Labute approximate surface area is 124 Å². The molecule has 1 unspecified atom stereocenters. The fourth-order valence-electron chi connectivity index (χ4n) is 2.10. The van der Waals surface area contributed by atoms with Gasteiger partial charge in [0.15, 0.2) is 6.10 Å². The number of hydrogen-bond donors (Lipinski definition) is 1. The van der Waals surface area contributed by atoms with Crippen LogP contribution < -0.4 is 15.0 Å². The second-order valence-corrected chi connectivity index (χ2v) is 4.94. The normalized spacial score (nSPS) is 17.2. The van der Waals surface area contributed by atoms with E-state index in [1.165, 1.54) is 4.90 Å². The lowest BCUT2D eigenvalue weighted by Gasteiger charge is -2.30. The minimum atomic E-state index is -0.495. The van der Waals surface area contributed by atoms with Gasteiger partial charge >= 0.3 is 0 Å². The molecule has 2 amide bonds. The molecule has 0 saturated heterocycles. The van der Waals surface area contributed by atoms with Crippen molar-refractivity contribution in [1.29, 1.82) is 0 Å². The summed E-state index contributed by atoms with van der Waals surface area (Å²) in [6, 6.07) is 5.21. The highest BCUT2D eigenvalue weighted by Crippen LogP contribution is 2.35. The molecule has 0 fully saturated rings. The summed E-state index contributed by atoms with van der Waals surface area (Å²) in [5.74, 6) is 0.296. The number of amides is 2. The molecule has 0 aromatic heterocycles. The molecule has 21 heavy (non-hydrogen) atoms. The Morgan fingerprint density at radius 1 is 1.48 bits per heavy atom. The maximum absolute atomic E-state index is 11.9. The third kappa shape index (κ3) is 3.52. The van der Waals surface area contributed by atoms with Gasteiger partial charge in [0.05, 0.1) is 5.69 Å². The number of hydrogen-bond acceptors (Lipinski definition) is 4. The molecule has 2 rings (SSSR count). The number of benzene rings is 1. The average molecular weight is 292 g/mol. The fourth-order valence-corrected chi connectivity index (χ4v) is 2.10. The lowest BCUT2D eigenvalue weighted by molar-refractivity contribution is -0.125. The van der Waals surface area contributed by atoms with Crippen molar-refractivity contribution in [1.82, 2.24) is 0 Å². The first-order valence-corrected chi connectivity index (χ1v) is 6.98. The quantitative estimate of drug-likeness (QED) is 0.840. The van der Waals surface area contributed by atoms with Gasteiger partial charge in [-0.2, -0.15) is 0 Å². The number of fused-ring (bicyclic) bond motifs is 1. The topological polar surface area (TPSA) is 67.9 Å². The summed E-state index contributed by atoms with van der Waals surface area (Å²) in [6.07, 6.45) is 0.375. The summed E-state index contributed by atoms with van der Waals surface area (Å²) < 4.78 is 10.7. The summed E-state index contributed by atoms with van der Waals surface area (Å²) in [5.41, 5.74) is 1.25. The van der Waals surface area contributed by atoms with Crippen LogP contribution in [0.2, 0.25) is 0 Å². The third-order valence-electron chi connectivity index (χ3n) is 3.17. The van der Waals surface area contributed by atoms with Crippen molar-refractivity contribution >= 4 is 23.2 Å². The van der Waals surface area contributed by atoms with Crippen LogP contribution in [0.25, 0.3) is 0 Å². The summed E-state index contributed by atoms with van der Waals surface area (Å²) in [4.78, 5) is 25.1. The van der Waals surface area contributed by atoms with E-state index in [9.17, 15) is 9.59 Å². The van der Waals surface area contributed by atoms with Gasteiger partial charge in [0, 0.05) is 19.3 Å². The van der Waals surface area contributed by atoms with E-state index in [1.807, 2.05) is 6.92 Å². The van der Waals surface area contributed by atoms with Gasteiger partial charge in [0.2, 0.25) is 5.91 Å². The molecule has 1 heterocycles. The zero-order valence-electron chi connectivity index (χ0n) is 12.5. The molecule has 1 aliphatic rings. The number of nitrogens with zero attached hydrogens (tertiary/aromatic N) is 1. The minimum Gasteiger partial charge on any atom is -0.479 e. The monoisotopic (exact) mass is 292 g/mol. The Bertz CT molecular complexity index is 544. The number of carbonyl (C=O) groups is 2. The van der Waals surface area contributed by atoms with E-state index in [0.717, 1.165) is 6.42 Å². The van der Waals surface area contributed by atoms with Gasteiger partial charge in [-0.25, -0.2) is 0 Å². The highest BCUT2D eigenvalue weighted by Gasteiger charge is 2.28. The second kappa shape index (κ2) is 6.58. The van der Waals surface area contributed by atoms with E-state index < -0.39 is 6.10 Å². The van der Waals surface area contributed by atoms with E-state index >= 15 is 0 Å². The van der Waals surface area contributed by atoms with Crippen molar-refractivity contribution in [2.45, 2.75) is 26.4 Å². The van der Waals surface area contributed by atoms with Gasteiger partial charge in [-0.1, -0.05) is 6.92 Å². The van der Waals surface area contributed by atoms with Crippen molar-refractivity contribution in [3.8, 4) is 5.75 Å². The molecule has 0 spiro atoms. The van der Waals surface area contributed by atoms with Crippen LogP contribution >= 0.6 is 0 Å². The van der Waals surface area contributed by atoms with Crippen LogP contribution in [0.5, 0.6) is 5.75 Å². The van der Waals surface area contributed by atoms with Crippen LogP contribution in [0, 0.1) is 0 Å². The van der Waals surface area contributed by atoms with Crippen LogP contribution in [-0.4, -0.2) is 38.2 Å². The van der Waals surface area contributed by atoms with Gasteiger partial charge < -0.3 is 19.7 Å². The minimum absolute atomic E-state index is 0.0211. The summed E-state index contributed by atoms with van der Waals surface area (Å²) in [5, 5.41) is 2.74. The summed E-state index contributed by atoms with van der Waals surface area (Å²) >= 11 is 0. The lowest BCUT2D eigenvalue weighted by atomic mass is 10.2. The zero-order chi connectivity index (χ0) is 15.4. The predicted molar refractivity (Wildman–Crippen MR) is 79.7 cm³/mol. The molecule has 1 atom stereocenters. The van der Waals surface area contributed by atoms with Crippen molar-refractivity contribution in [3.05, 3.63) is 18.2 Å². The number of carbonyl (C=O) groups excluding carboxylic acids is 2. The van der Waals surface area contributed by atoms with Gasteiger partial charge in [-0.15, -0.1) is 0 Å². The molecule has 6 heteroatoms. The Morgan fingerprint density at radius 2 is 2.24 bits per heavy atom. The maximum atomic E-state index is 11.9. The van der Waals surface area contributed by atoms with Crippen molar-refractivity contribution < 1.29 is 19.1 Å². The van der Waals surface area contributed by atoms with Crippen LogP contribution in [0.15, 0.2) is 18.2 Å². The largest absolute Gasteiger partial charge is 0.479 e. The van der Waals surface area contributed by atoms with Crippen LogP contribution in [0.4, 0.5) is 11.4 Å². The van der Waals surface area contributed by atoms with E-state index in [1.54, 1.807) is 32.2 Å². The maximum Gasteiger partial charge on any atom is 0.267 e. The van der Waals surface area contributed by atoms with Crippen LogP contribution in [-0.2, 0) is 14.3 Å². The number of rotatable bonds is 5. The molecular weight excluding hydrogens is 272 g/mol. The van der Waals surface area contributed by atoms with Crippen LogP contribution in [0.3, 0.4) is 0 Å². The molecule has 0 bridgehead atoms. The fraction of sp³-hybridized carbons (Fsp3) is 0.467. The van der Waals surface area contributed by atoms with Gasteiger partial charge in [0.25, 0.3) is 5.91 Å². The summed E-state index contributed by atoms with van der Waals surface area (Å²) in [6.45, 7) is 4.27. The molecular formula is C15H20N2O4. The molecule has 0 aliphatic carbocycles. The van der Waals surface area contributed by atoms with E-state index in [4.69, 9.17) is 9.47 Å². The molecule has 1 aromatic carbocycles. The highest BCUT2D eigenvalue weighted by atomic mass is 16.5. The Balaban J connectivity index is 2.07. The Hall–Kier alpha value is -2.08. The highest BCUT2D eigenvalue weighted by molar-refractivity contribution is 6.00. The number of nitrogens with one attached hydrogen (secondary N) is 1. The molecule has 1 aromatic rings. The van der Waals surface area contributed by atoms with Gasteiger partial charge in [-0.3, -0.25) is 9.59 Å². The number of ether oxygens (including phenoxy) is 2. The smallest absolute Gasteiger partial charge is 0.267 e. The van der Waals surface area contributed by atoms with Crippen LogP contribution in [0.1, 0.15) is 20.3 Å². The van der Waals surface area contributed by atoms with Crippen molar-refractivity contribution in [2.75, 3.05) is 30.5 Å². The second-order valence-electron chi connectivity index (χ2n) is 4.94. The standard InChI is InChI=1S/C15H20N2O4/c1-4-7-20-9-14(18)16-11-5-6-13-12(8-11)17(3)15(19)10(2)21-13/h5-6,8,10H,4,7,9H2,1-3H3,(H,16,18). The number of likely N-dealkylation sites (N-methyl/N-ethyl adjacent to an activating group) is 1. The third-order valence-corrected chi connectivity index (χ3v) is 3.17. The van der Waals surface area contributed by atoms with Crippen molar-refractivity contribution in [3.63, 3.8) is 0 Å². The molecule has 0 radical (unpaired) electrons. The lowest BCUT2D eigenvalue weighted by Crippen LogP contribution is -2.42. The molecule has 1 aliphatic heterocycles. The predicted octanol–water partition coefficient (Wildman–Crippen LogP) is 1.80. The SMILES string of the molecule is CCCOCC(=O)Nc1ccc2c(c1)N(C)C(=O)C(C)O2. The first-order valence-electron chi connectivity index (χ1n) is 6.98. The van der Waals surface area contributed by atoms with Gasteiger partial charge in [-0.05, 0) is 31.5 Å². The first-order chi connectivity index (χ1) is 10.0. The average Bonchev–Trinajstić information content (AvgIpc) is 2.46. The number of anilines is 2. The van der Waals surface area contributed by atoms with E-state index in [-0.39, 0.29) is 18.4 Å². The first kappa shape index (κ1) is 15.3.